The number of nitrogens with zero attached hydrogens (tertiary/aromatic N) is 1. The maximum Gasteiger partial charge on any atom is 0.307 e. The van der Waals surface area contributed by atoms with Crippen molar-refractivity contribution in [3.8, 4) is 0 Å². The van der Waals surface area contributed by atoms with Crippen molar-refractivity contribution in [1.29, 1.82) is 0 Å². The molecular weight excluding hydrogens is 330 g/mol. The van der Waals surface area contributed by atoms with E-state index in [0.29, 0.717) is 25.6 Å². The van der Waals surface area contributed by atoms with E-state index in [-0.39, 0.29) is 18.1 Å². The number of hydrogen-bond acceptors (Lipinski definition) is 6. The van der Waals surface area contributed by atoms with Crippen LogP contribution in [-0.4, -0.2) is 56.4 Å². The van der Waals surface area contributed by atoms with E-state index in [1.165, 1.54) is 16.7 Å². The Kier molecular flexibility index (Phi) is 6.64. The predicted octanol–water partition coefficient (Wildman–Crippen LogP) is 1.72. The summed E-state index contributed by atoms with van der Waals surface area (Å²) in [5.74, 6) is 0.307. The molecule has 3 unspecified atom stereocenters. The minimum atomic E-state index is -0.138. The number of nitrogens with one attached hydrogen (secondary N) is 2. The first kappa shape index (κ1) is 19.3. The number of aryl methyl sites for hydroxylation is 2. The zero-order valence-electron chi connectivity index (χ0n) is 16.1. The molecule has 1 aromatic carbocycles. The first-order valence-electron chi connectivity index (χ1n) is 9.61. The van der Waals surface area contributed by atoms with E-state index < -0.39 is 0 Å². The van der Waals surface area contributed by atoms with Crippen LogP contribution in [0.15, 0.2) is 18.2 Å². The van der Waals surface area contributed by atoms with E-state index in [4.69, 9.17) is 9.47 Å². The Morgan fingerprint density at radius 3 is 2.96 bits per heavy atom. The maximum atomic E-state index is 11.9. The number of morpholine rings is 1. The first-order valence-corrected chi connectivity index (χ1v) is 9.61. The molecule has 2 aliphatic rings. The molecule has 2 heterocycles. The topological polar surface area (TPSA) is 62.8 Å². The number of carbonyl (C=O) groups excluding carboxylic acids is 1. The number of hydrazine groups is 1. The standard InChI is InChI=1S/C20H31N3O3/c1-4-26-19(24)10-18-13-25-8-7-23(18)12-17-11-21-22-20(17)16-6-5-14(2)15(3)9-16/h5-6,9,17-18,20-22H,4,7-8,10-13H2,1-3H3. The number of ether oxygens (including phenoxy) is 2. The van der Waals surface area contributed by atoms with Crippen LogP contribution in [0.25, 0.3) is 0 Å². The van der Waals surface area contributed by atoms with Crippen molar-refractivity contribution in [2.75, 3.05) is 39.5 Å². The number of carbonyl (C=O) groups is 1. The molecule has 2 saturated heterocycles. The Labute approximate surface area is 156 Å². The highest BCUT2D eigenvalue weighted by molar-refractivity contribution is 5.70. The number of benzene rings is 1. The highest BCUT2D eigenvalue weighted by atomic mass is 16.5. The lowest BCUT2D eigenvalue weighted by atomic mass is 9.91. The third-order valence-corrected chi connectivity index (χ3v) is 5.51. The second-order valence-electron chi connectivity index (χ2n) is 7.34. The SMILES string of the molecule is CCOC(=O)CC1COCCN1CC1CNNC1c1ccc(C)c(C)c1. The van der Waals surface area contributed by atoms with Crippen LogP contribution in [0.4, 0.5) is 0 Å². The van der Waals surface area contributed by atoms with Gasteiger partial charge in [-0.1, -0.05) is 18.2 Å². The summed E-state index contributed by atoms with van der Waals surface area (Å²) in [5, 5.41) is 0. The van der Waals surface area contributed by atoms with Crippen molar-refractivity contribution >= 4 is 5.97 Å². The third-order valence-electron chi connectivity index (χ3n) is 5.51. The van der Waals surface area contributed by atoms with E-state index >= 15 is 0 Å². The van der Waals surface area contributed by atoms with Crippen LogP contribution >= 0.6 is 0 Å². The lowest BCUT2D eigenvalue weighted by Gasteiger charge is -2.37. The van der Waals surface area contributed by atoms with Gasteiger partial charge >= 0.3 is 5.97 Å². The van der Waals surface area contributed by atoms with Gasteiger partial charge in [0.25, 0.3) is 0 Å². The average molecular weight is 361 g/mol. The smallest absolute Gasteiger partial charge is 0.307 e. The molecule has 144 valence electrons. The molecule has 0 aliphatic carbocycles. The minimum Gasteiger partial charge on any atom is -0.466 e. The average Bonchev–Trinajstić information content (AvgIpc) is 3.07. The van der Waals surface area contributed by atoms with E-state index in [2.05, 4.69) is 47.8 Å². The number of esters is 1. The van der Waals surface area contributed by atoms with Gasteiger partial charge in [0.15, 0.2) is 0 Å². The molecule has 0 amide bonds. The van der Waals surface area contributed by atoms with E-state index in [1.54, 1.807) is 0 Å². The highest BCUT2D eigenvalue weighted by Gasteiger charge is 2.34. The number of hydrogen-bond donors (Lipinski definition) is 2. The summed E-state index contributed by atoms with van der Waals surface area (Å²) >= 11 is 0. The summed E-state index contributed by atoms with van der Waals surface area (Å²) in [7, 11) is 0. The zero-order chi connectivity index (χ0) is 18.5. The van der Waals surface area contributed by atoms with Crippen molar-refractivity contribution in [1.82, 2.24) is 15.8 Å². The highest BCUT2D eigenvalue weighted by Crippen LogP contribution is 2.28. The van der Waals surface area contributed by atoms with Gasteiger partial charge in [0.1, 0.15) is 0 Å². The Bertz CT molecular complexity index is 622. The molecular formula is C20H31N3O3. The Hall–Kier alpha value is -1.47. The number of rotatable bonds is 6. The van der Waals surface area contributed by atoms with Crippen LogP contribution in [0.2, 0.25) is 0 Å². The molecule has 6 heteroatoms. The van der Waals surface area contributed by atoms with Gasteiger partial charge in [-0.25, -0.2) is 5.43 Å². The normalized spacial score (nSPS) is 26.8. The molecule has 0 radical (unpaired) electrons. The van der Waals surface area contributed by atoms with Crippen molar-refractivity contribution in [3.05, 3.63) is 34.9 Å². The van der Waals surface area contributed by atoms with E-state index in [0.717, 1.165) is 26.2 Å². The predicted molar refractivity (Wildman–Crippen MR) is 101 cm³/mol. The lowest BCUT2D eigenvalue weighted by Crippen LogP contribution is -2.49. The molecule has 6 nitrogen and oxygen atoms in total. The Morgan fingerprint density at radius 1 is 1.35 bits per heavy atom. The van der Waals surface area contributed by atoms with Crippen molar-refractivity contribution in [2.45, 2.75) is 39.3 Å². The summed E-state index contributed by atoms with van der Waals surface area (Å²) in [6.07, 6.45) is 0.399. The summed E-state index contributed by atoms with van der Waals surface area (Å²) in [6.45, 7) is 10.6. The molecule has 0 bridgehead atoms. The van der Waals surface area contributed by atoms with Crippen LogP contribution in [-0.2, 0) is 14.3 Å². The van der Waals surface area contributed by atoms with Gasteiger partial charge in [-0.05, 0) is 37.5 Å². The summed E-state index contributed by atoms with van der Waals surface area (Å²) in [6, 6.07) is 7.07. The Balaban J connectivity index is 1.66. The summed E-state index contributed by atoms with van der Waals surface area (Å²) in [5.41, 5.74) is 10.7. The first-order chi connectivity index (χ1) is 12.6. The zero-order valence-corrected chi connectivity index (χ0v) is 16.1. The van der Waals surface area contributed by atoms with Crippen molar-refractivity contribution < 1.29 is 14.3 Å². The fourth-order valence-electron chi connectivity index (χ4n) is 3.85. The third kappa shape index (κ3) is 4.62. The van der Waals surface area contributed by atoms with Crippen molar-refractivity contribution in [3.63, 3.8) is 0 Å². The summed E-state index contributed by atoms with van der Waals surface area (Å²) < 4.78 is 10.7. The molecule has 2 fully saturated rings. The van der Waals surface area contributed by atoms with Crippen LogP contribution in [0.3, 0.4) is 0 Å². The van der Waals surface area contributed by atoms with Gasteiger partial charge in [0, 0.05) is 31.6 Å². The Morgan fingerprint density at radius 2 is 2.19 bits per heavy atom. The maximum absolute atomic E-state index is 11.9. The van der Waals surface area contributed by atoms with Crippen LogP contribution < -0.4 is 10.9 Å². The molecule has 2 aliphatic heterocycles. The van der Waals surface area contributed by atoms with Gasteiger partial charge < -0.3 is 9.47 Å². The summed E-state index contributed by atoms with van der Waals surface area (Å²) in [4.78, 5) is 14.3. The molecule has 26 heavy (non-hydrogen) atoms. The quantitative estimate of drug-likeness (QED) is 0.753. The molecule has 2 N–H and O–H groups in total. The van der Waals surface area contributed by atoms with Crippen LogP contribution in [0.1, 0.15) is 36.1 Å². The van der Waals surface area contributed by atoms with Crippen LogP contribution in [0.5, 0.6) is 0 Å². The fourth-order valence-corrected chi connectivity index (χ4v) is 3.85. The van der Waals surface area contributed by atoms with Gasteiger partial charge in [0.05, 0.1) is 32.3 Å². The molecule has 0 saturated carbocycles. The molecule has 0 aromatic heterocycles. The second kappa shape index (κ2) is 8.95. The molecule has 3 rings (SSSR count). The lowest BCUT2D eigenvalue weighted by molar-refractivity contribution is -0.146. The second-order valence-corrected chi connectivity index (χ2v) is 7.34. The minimum absolute atomic E-state index is 0.101. The molecule has 0 spiro atoms. The van der Waals surface area contributed by atoms with Gasteiger partial charge in [0.2, 0.25) is 0 Å². The van der Waals surface area contributed by atoms with Gasteiger partial charge in [-0.15, -0.1) is 0 Å². The van der Waals surface area contributed by atoms with Crippen LogP contribution in [0, 0.1) is 19.8 Å². The van der Waals surface area contributed by atoms with E-state index in [9.17, 15) is 4.79 Å². The van der Waals surface area contributed by atoms with Crippen molar-refractivity contribution in [2.24, 2.45) is 5.92 Å². The van der Waals surface area contributed by atoms with E-state index in [1.807, 2.05) is 6.92 Å². The fraction of sp³-hybridized carbons (Fsp3) is 0.650. The molecule has 3 atom stereocenters. The monoisotopic (exact) mass is 361 g/mol. The molecule has 1 aromatic rings. The van der Waals surface area contributed by atoms with Gasteiger partial charge in [-0.3, -0.25) is 15.1 Å². The van der Waals surface area contributed by atoms with Gasteiger partial charge in [-0.2, -0.15) is 0 Å². The largest absolute Gasteiger partial charge is 0.466 e.